The Labute approximate surface area is 217 Å². The molecule has 1 aliphatic carbocycles. The van der Waals surface area contributed by atoms with Crippen LogP contribution in [-0.2, 0) is 4.79 Å². The number of nitrogens with zero attached hydrogens (tertiary/aromatic N) is 1. The molecular weight excluding hydrogens is 660 g/mol. The van der Waals surface area contributed by atoms with Gasteiger partial charge in [0.1, 0.15) is 0 Å². The van der Waals surface area contributed by atoms with Gasteiger partial charge in [-0.15, -0.1) is 18.9 Å². The standard InChI is InChI=1S/C26H38ClI2N3O/c1-8-20(27)23-25(29(6)19(4)30)32(16-22(33)26(23)12-10-9-11-13-26)15-21-18(3)24(31-7)17(2)14-28(21)5/h8,14,31H,5-6,9-13,15-16,30H2,1-4,7H3/b20-8+. The topological polar surface area (TPSA) is 58.4 Å². The third-order valence-electron chi connectivity index (χ3n) is 6.95. The van der Waals surface area contributed by atoms with E-state index in [9.17, 15) is 4.79 Å². The molecule has 3 aliphatic rings. The molecule has 0 aromatic carbocycles. The maximum absolute atomic E-state index is 13.9. The van der Waals surface area contributed by atoms with Gasteiger partial charge in [-0.3, -0.25) is 4.79 Å². The molecule has 3 N–H and O–H groups in total. The highest BCUT2D eigenvalue weighted by Gasteiger charge is 2.49. The number of nitrogens with two attached hydrogens (primary N) is 1. The lowest BCUT2D eigenvalue weighted by Crippen LogP contribution is -2.48. The first-order valence-electron chi connectivity index (χ1n) is 11.4. The first-order chi connectivity index (χ1) is 15.6. The Hall–Kier alpha value is -0.580. The van der Waals surface area contributed by atoms with Crippen LogP contribution in [0.5, 0.6) is 0 Å². The molecule has 0 amide bonds. The molecule has 184 valence electrons. The van der Waals surface area contributed by atoms with Gasteiger partial charge >= 0.3 is 0 Å². The van der Waals surface area contributed by atoms with Crippen molar-refractivity contribution in [2.75, 3.05) is 20.1 Å². The molecule has 0 aromatic rings. The zero-order valence-electron chi connectivity index (χ0n) is 20.6. The molecule has 1 saturated carbocycles. The summed E-state index contributed by atoms with van der Waals surface area (Å²) >= 11 is 3.12. The van der Waals surface area contributed by atoms with Crippen LogP contribution in [0.3, 0.4) is 0 Å². The quantitative estimate of drug-likeness (QED) is 0.284. The number of allylic oxidation sites excluding steroid dienone is 5. The second-order valence-corrected chi connectivity index (χ2v) is 18.4. The Morgan fingerprint density at radius 3 is 2.55 bits per heavy atom. The molecule has 0 bridgehead atoms. The summed E-state index contributed by atoms with van der Waals surface area (Å²) in [6, 6.07) is 0. The monoisotopic (exact) mass is 697 g/mol. The number of halogens is 3. The Morgan fingerprint density at radius 1 is 1.36 bits per heavy atom. The minimum atomic E-state index is -2.12. The van der Waals surface area contributed by atoms with E-state index in [2.05, 4.69) is 37.1 Å². The Balaban J connectivity index is 2.27. The number of carbonyl (C=O) groups excluding carboxylic acids is 1. The molecule has 0 atom stereocenters. The first-order valence-corrected chi connectivity index (χ1v) is 19.3. The van der Waals surface area contributed by atoms with Crippen LogP contribution in [0.1, 0.15) is 59.8 Å². The summed E-state index contributed by atoms with van der Waals surface area (Å²) in [6.45, 7) is 9.41. The van der Waals surface area contributed by atoms with Gasteiger partial charge in [0, 0.05) is 37.1 Å². The molecule has 0 radical (unpaired) electrons. The number of likely N-dealkylation sites (N-methyl/N-ethyl adjacent to an activating group) is 1. The molecule has 2 aliphatic heterocycles. The van der Waals surface area contributed by atoms with E-state index >= 15 is 0 Å². The second kappa shape index (κ2) is 11.0. The predicted molar refractivity (Wildman–Crippen MR) is 166 cm³/mol. The van der Waals surface area contributed by atoms with Gasteiger partial charge in [0.05, 0.1) is 15.7 Å². The van der Waals surface area contributed by atoms with Gasteiger partial charge in [0.2, 0.25) is 0 Å². The fourth-order valence-corrected chi connectivity index (χ4v) is 13.1. The van der Waals surface area contributed by atoms with Gasteiger partial charge < -0.3 is 16.0 Å². The summed E-state index contributed by atoms with van der Waals surface area (Å²) in [5.74, 6) is 0.308. The molecule has 1 fully saturated rings. The number of rotatable bonds is 5. The highest BCUT2D eigenvalue weighted by Crippen LogP contribution is 2.54. The molecule has 0 unspecified atom stereocenters. The summed E-state index contributed by atoms with van der Waals surface area (Å²) in [4.78, 5) is 16.2. The first kappa shape index (κ1) is 27.0. The van der Waals surface area contributed by atoms with Gasteiger partial charge in [0.25, 0.3) is 0 Å². The molecule has 1 spiro atoms. The molecular formula is C26H38ClI2N3O. The van der Waals surface area contributed by atoms with Crippen LogP contribution in [0.4, 0.5) is 0 Å². The number of carbonyl (C=O) groups is 1. The zero-order valence-corrected chi connectivity index (χ0v) is 25.7. The number of hydrogen-bond acceptors (Lipinski definition) is 4. The van der Waals surface area contributed by atoms with Crippen molar-refractivity contribution in [3.8, 4) is 0 Å². The lowest BCUT2D eigenvalue weighted by atomic mass is 9.65. The van der Waals surface area contributed by atoms with Crippen LogP contribution < -0.4 is 11.1 Å². The van der Waals surface area contributed by atoms with Crippen molar-refractivity contribution in [1.29, 1.82) is 0 Å². The average Bonchev–Trinajstić information content (AvgIpc) is 2.78. The maximum Gasteiger partial charge on any atom is 0.162 e. The Kier molecular flexibility index (Phi) is 9.00. The van der Waals surface area contributed by atoms with Crippen molar-refractivity contribution < 1.29 is 4.79 Å². The molecule has 0 saturated heterocycles. The van der Waals surface area contributed by atoms with Crippen molar-refractivity contribution in [2.45, 2.75) is 59.8 Å². The minimum absolute atomic E-state index is 0.308. The summed E-state index contributed by atoms with van der Waals surface area (Å²) in [5.41, 5.74) is 10.7. The fourth-order valence-electron chi connectivity index (χ4n) is 5.25. The lowest BCUT2D eigenvalue weighted by molar-refractivity contribution is -0.130. The van der Waals surface area contributed by atoms with Gasteiger partial charge in [0.15, 0.2) is 5.78 Å². The fraction of sp³-hybridized carbons (Fsp3) is 0.500. The molecule has 7 heteroatoms. The van der Waals surface area contributed by atoms with Gasteiger partial charge in [-0.05, 0) is 55.7 Å². The van der Waals surface area contributed by atoms with Gasteiger partial charge in [-0.1, -0.05) is 64.8 Å². The summed E-state index contributed by atoms with van der Waals surface area (Å²) in [5, 5.41) is 4.07. The maximum atomic E-state index is 13.9. The summed E-state index contributed by atoms with van der Waals surface area (Å²) in [6.07, 6.45) is 7.02. The van der Waals surface area contributed by atoms with Crippen molar-refractivity contribution in [1.82, 2.24) is 10.2 Å². The molecule has 0 aromatic heterocycles. The van der Waals surface area contributed by atoms with E-state index in [0.717, 1.165) is 34.9 Å². The van der Waals surface area contributed by atoms with Crippen LogP contribution in [0, 0.1) is 5.41 Å². The molecule has 4 nitrogen and oxygen atoms in total. The minimum Gasteiger partial charge on any atom is -0.388 e. The van der Waals surface area contributed by atoms with Gasteiger partial charge in [-0.25, -0.2) is 0 Å². The lowest BCUT2D eigenvalue weighted by Gasteiger charge is -2.46. The van der Waals surface area contributed by atoms with E-state index in [1.54, 1.807) is 0 Å². The van der Waals surface area contributed by atoms with Crippen LogP contribution >= 0.6 is 49.3 Å². The second-order valence-electron chi connectivity index (χ2n) is 9.02. The van der Waals surface area contributed by atoms with E-state index in [0.29, 0.717) is 23.9 Å². The van der Waals surface area contributed by atoms with E-state index in [4.69, 9.17) is 17.3 Å². The van der Waals surface area contributed by atoms with Crippen molar-refractivity contribution in [2.24, 2.45) is 11.1 Å². The summed E-state index contributed by atoms with van der Waals surface area (Å²) < 4.78 is 15.0. The van der Waals surface area contributed by atoms with E-state index in [1.807, 2.05) is 27.0 Å². The number of ketones is 1. The van der Waals surface area contributed by atoms with Crippen LogP contribution in [0.15, 0.2) is 40.8 Å². The molecule has 3 rings (SSSR count). The predicted octanol–water partition coefficient (Wildman–Crippen LogP) is 5.74. The normalized spacial score (nSPS) is 23.8. The summed E-state index contributed by atoms with van der Waals surface area (Å²) in [7, 11) is 1.97. The highest BCUT2D eigenvalue weighted by molar-refractivity contribution is 14.2. The Bertz CT molecular complexity index is 1150. The average molecular weight is 698 g/mol. The third kappa shape index (κ3) is 5.05. The van der Waals surface area contributed by atoms with E-state index in [1.165, 1.54) is 30.5 Å². The Morgan fingerprint density at radius 2 is 2.00 bits per heavy atom. The highest BCUT2D eigenvalue weighted by atomic mass is 127. The largest absolute Gasteiger partial charge is 0.388 e. The third-order valence-corrected chi connectivity index (χ3v) is 16.4. The molecule has 2 heterocycles. The zero-order chi connectivity index (χ0) is 24.5. The number of Topliss-reactive ketones (excluding diaryl/α,β-unsaturated/α-hetero) is 1. The van der Waals surface area contributed by atoms with E-state index in [-0.39, 0.29) is 0 Å². The molecule has 33 heavy (non-hydrogen) atoms. The van der Waals surface area contributed by atoms with Crippen molar-refractivity contribution in [3.05, 3.63) is 40.8 Å². The van der Waals surface area contributed by atoms with Gasteiger partial charge in [-0.2, -0.15) is 0 Å². The number of nitrogens with one attached hydrogen (secondary N) is 1. The van der Waals surface area contributed by atoms with Crippen molar-refractivity contribution in [3.63, 3.8) is 0 Å². The van der Waals surface area contributed by atoms with Crippen molar-refractivity contribution >= 4 is 71.8 Å². The van der Waals surface area contributed by atoms with Crippen LogP contribution in [-0.4, -0.2) is 47.5 Å². The van der Waals surface area contributed by atoms with Crippen LogP contribution in [0.25, 0.3) is 0 Å². The van der Waals surface area contributed by atoms with Crippen LogP contribution in [0.2, 0.25) is 0 Å². The SMILES string of the molecule is C=I1=CC(C)=C(NC)C(C)=C1CN1CC(=O)C2(CCCCC2)C(/C(Cl)=C\C)=C1I(=C)=C(C)N. The smallest absolute Gasteiger partial charge is 0.162 e. The van der Waals surface area contributed by atoms with E-state index < -0.39 is 43.2 Å². The number of hydrogen-bond donors (Lipinski definition) is 2.